The van der Waals surface area contributed by atoms with Crippen LogP contribution in [0, 0.1) is 20.4 Å². The molecule has 0 aromatic heterocycles. The third-order valence-electron chi connectivity index (χ3n) is 2.48. The Balaban J connectivity index is 0.000000982. The molecule has 1 aromatic rings. The Bertz CT molecular complexity index is 398. The summed E-state index contributed by atoms with van der Waals surface area (Å²) in [5, 5.41) is 0. The first-order chi connectivity index (χ1) is 9.03. The molecule has 0 radical (unpaired) electrons. The predicted molar refractivity (Wildman–Crippen MR) is 77.0 cm³/mol. The van der Waals surface area contributed by atoms with Gasteiger partial charge in [-0.05, 0) is 25.0 Å². The molecular formula is C15H22CoNO2-. The Labute approximate surface area is 124 Å². The van der Waals surface area contributed by atoms with Crippen molar-refractivity contribution in [1.82, 2.24) is 0 Å². The maximum atomic E-state index is 11.8. The first kappa shape index (κ1) is 18.0. The standard InChI is InChI=1S/C13H18NO2.C2H4.Co/c1-5-14(12(15)9-16-4)13-10(2)7-6-8-11(13)3;1-2;/h5-8H,9H2,1-4H3;1H,2H3;/q-1;;. The molecule has 0 unspecified atom stereocenters. The predicted octanol–water partition coefficient (Wildman–Crippen LogP) is 2.82. The van der Waals surface area contributed by atoms with Gasteiger partial charge in [0.25, 0.3) is 0 Å². The number of ether oxygens (including phenoxy) is 1. The van der Waals surface area contributed by atoms with Crippen LogP contribution in [0.4, 0.5) is 5.69 Å². The van der Waals surface area contributed by atoms with Crippen LogP contribution in [0.2, 0.25) is 0 Å². The van der Waals surface area contributed by atoms with Gasteiger partial charge in [0.05, 0.1) is 0 Å². The van der Waals surface area contributed by atoms with Crippen molar-refractivity contribution in [3.63, 3.8) is 0 Å². The number of anilines is 1. The van der Waals surface area contributed by atoms with Gasteiger partial charge in [-0.25, -0.2) is 6.54 Å². The summed E-state index contributed by atoms with van der Waals surface area (Å²) in [6.45, 7) is 9.58. The van der Waals surface area contributed by atoms with E-state index in [4.69, 9.17) is 4.74 Å². The molecule has 0 bridgehead atoms. The Morgan fingerprint density at radius 2 is 1.89 bits per heavy atom. The summed E-state index contributed by atoms with van der Waals surface area (Å²) in [7, 11) is 1.52. The number of nitrogens with zero attached hydrogens (tertiary/aromatic N) is 1. The molecule has 109 valence electrons. The third-order valence-corrected chi connectivity index (χ3v) is 2.48. The van der Waals surface area contributed by atoms with E-state index in [1.54, 1.807) is 16.4 Å². The molecule has 0 aliphatic heterocycles. The van der Waals surface area contributed by atoms with Crippen molar-refractivity contribution in [2.75, 3.05) is 18.6 Å². The van der Waals surface area contributed by atoms with Gasteiger partial charge >= 0.3 is 27.2 Å². The van der Waals surface area contributed by atoms with E-state index in [9.17, 15) is 4.79 Å². The fourth-order valence-electron chi connectivity index (χ4n) is 1.78. The summed E-state index contributed by atoms with van der Waals surface area (Å²) in [6, 6.07) is 5.99. The quantitative estimate of drug-likeness (QED) is 0.801. The van der Waals surface area contributed by atoms with Crippen molar-refractivity contribution in [1.29, 1.82) is 0 Å². The summed E-state index contributed by atoms with van der Waals surface area (Å²) in [4.78, 5) is 15.2. The van der Waals surface area contributed by atoms with Gasteiger partial charge in [0.2, 0.25) is 5.91 Å². The zero-order chi connectivity index (χ0) is 14.8. The normalized spacial score (nSPS) is 9.37. The number of rotatable bonds is 4. The summed E-state index contributed by atoms with van der Waals surface area (Å²) in [6.07, 6.45) is 0. The minimum absolute atomic E-state index is 0.0533. The third kappa shape index (κ3) is 5.68. The molecule has 1 aromatic carbocycles. The van der Waals surface area contributed by atoms with Crippen LogP contribution < -0.4 is 4.90 Å². The zero-order valence-corrected chi connectivity index (χ0v) is 13.2. The number of aryl methyl sites for hydroxylation is 2. The summed E-state index contributed by atoms with van der Waals surface area (Å²) in [5.74, 6) is -0.0533. The van der Waals surface area contributed by atoms with Crippen LogP contribution in [0.1, 0.15) is 25.0 Å². The number of amides is 1. The van der Waals surface area contributed by atoms with E-state index in [2.05, 4.69) is 15.3 Å². The van der Waals surface area contributed by atoms with Crippen LogP contribution >= 0.6 is 0 Å². The van der Waals surface area contributed by atoms with E-state index in [0.717, 1.165) is 16.8 Å². The van der Waals surface area contributed by atoms with E-state index in [1.807, 2.05) is 45.9 Å². The van der Waals surface area contributed by atoms with E-state index < -0.39 is 0 Å². The van der Waals surface area contributed by atoms with Gasteiger partial charge in [-0.2, -0.15) is 6.92 Å². The van der Waals surface area contributed by atoms with Gasteiger partial charge < -0.3 is 9.64 Å². The molecule has 0 spiro atoms. The van der Waals surface area contributed by atoms with Gasteiger partial charge in [0.1, 0.15) is 6.61 Å². The van der Waals surface area contributed by atoms with Crippen LogP contribution in [0.25, 0.3) is 0 Å². The molecule has 0 N–H and O–H groups in total. The first-order valence-electron chi connectivity index (χ1n) is 6.05. The van der Waals surface area contributed by atoms with Crippen LogP contribution in [-0.4, -0.2) is 24.6 Å². The van der Waals surface area contributed by atoms with Crippen molar-refractivity contribution < 1.29 is 24.8 Å². The number of para-hydroxylation sites is 1. The van der Waals surface area contributed by atoms with E-state index >= 15 is 0 Å². The molecule has 0 aliphatic carbocycles. The number of methoxy groups -OCH3 is 1. The maximum absolute atomic E-state index is 11.8. The van der Waals surface area contributed by atoms with Crippen LogP contribution in [0.15, 0.2) is 18.2 Å². The Hall–Kier alpha value is -0.974. The summed E-state index contributed by atoms with van der Waals surface area (Å²) >= 11 is 3.70. The number of hydrogen-bond donors (Lipinski definition) is 0. The Kier molecular flexibility index (Phi) is 9.38. The van der Waals surface area contributed by atoms with Gasteiger partial charge in [0.15, 0.2) is 0 Å². The first-order valence-corrected chi connectivity index (χ1v) is 6.65. The van der Waals surface area contributed by atoms with E-state index in [1.165, 1.54) is 7.11 Å². The molecule has 19 heavy (non-hydrogen) atoms. The molecule has 4 heteroatoms. The van der Waals surface area contributed by atoms with Crippen LogP contribution in [-0.2, 0) is 24.8 Å². The molecule has 1 rings (SSSR count). The van der Waals surface area contributed by atoms with Crippen molar-refractivity contribution in [2.24, 2.45) is 0 Å². The van der Waals surface area contributed by atoms with Gasteiger partial charge in [-0.15, -0.1) is 0 Å². The monoisotopic (exact) mass is 307 g/mol. The molecular weight excluding hydrogens is 285 g/mol. The average Bonchev–Trinajstić information content (AvgIpc) is 2.35. The fourth-order valence-corrected chi connectivity index (χ4v) is 1.78. The van der Waals surface area contributed by atoms with Crippen molar-refractivity contribution in [3.05, 3.63) is 35.9 Å². The average molecular weight is 307 g/mol. The van der Waals surface area contributed by atoms with E-state index in [0.29, 0.717) is 0 Å². The number of carbonyl (C=O) groups is 1. The molecule has 0 saturated carbocycles. The SMILES string of the molecule is C[CH-]N(C(=O)COC)c1c(C)cccc1C.C[CH]=[Co]. The molecule has 0 saturated heterocycles. The topological polar surface area (TPSA) is 29.5 Å². The van der Waals surface area contributed by atoms with Gasteiger partial charge in [-0.1, -0.05) is 18.2 Å². The summed E-state index contributed by atoms with van der Waals surface area (Å²) in [5.41, 5.74) is 3.12. The van der Waals surface area contributed by atoms with Gasteiger partial charge in [0, 0.05) is 12.8 Å². The second kappa shape index (κ2) is 9.89. The van der Waals surface area contributed by atoms with E-state index in [-0.39, 0.29) is 12.5 Å². The summed E-state index contributed by atoms with van der Waals surface area (Å²) < 4.78 is 4.88. The Morgan fingerprint density at radius 1 is 1.42 bits per heavy atom. The van der Waals surface area contributed by atoms with Crippen LogP contribution in [0.3, 0.4) is 0 Å². The number of hydrogen-bond acceptors (Lipinski definition) is 2. The van der Waals surface area contributed by atoms with Crippen molar-refractivity contribution in [3.8, 4) is 0 Å². The Morgan fingerprint density at radius 3 is 2.26 bits per heavy atom. The number of benzene rings is 1. The fraction of sp³-hybridized carbons (Fsp3) is 0.400. The van der Waals surface area contributed by atoms with Crippen LogP contribution in [0.5, 0.6) is 0 Å². The zero-order valence-electron chi connectivity index (χ0n) is 12.2. The second-order valence-electron chi connectivity index (χ2n) is 3.89. The molecule has 0 heterocycles. The second-order valence-corrected chi connectivity index (χ2v) is 4.49. The molecule has 3 nitrogen and oxygen atoms in total. The van der Waals surface area contributed by atoms with Crippen molar-refractivity contribution >= 4 is 16.6 Å². The molecule has 1 amide bonds. The molecule has 0 atom stereocenters. The van der Waals surface area contributed by atoms with Gasteiger partial charge in [-0.3, -0.25) is 4.79 Å². The molecule has 0 aliphatic rings. The molecule has 0 fully saturated rings. The van der Waals surface area contributed by atoms with Crippen molar-refractivity contribution in [2.45, 2.75) is 27.7 Å². The number of carbonyl (C=O) groups excluding carboxylic acids is 1. The minimum atomic E-state index is -0.0533.